The summed E-state index contributed by atoms with van der Waals surface area (Å²) in [7, 11) is 0. The third-order valence-electron chi connectivity index (χ3n) is 3.41. The molecule has 4 N–H and O–H groups in total. The lowest BCUT2D eigenvalue weighted by molar-refractivity contribution is 0.0970. The molecule has 0 fully saturated rings. The number of rotatable bonds is 6. The zero-order chi connectivity index (χ0) is 20.0. The molecule has 0 aromatic heterocycles. The summed E-state index contributed by atoms with van der Waals surface area (Å²) in [4.78, 5) is 23.7. The molecule has 0 saturated heterocycles. The van der Waals surface area contributed by atoms with Crippen LogP contribution in [-0.2, 0) is 0 Å². The molecule has 0 aliphatic heterocycles. The highest BCUT2D eigenvalue weighted by atomic mass is 79.9. The molecule has 0 heterocycles. The minimum Gasteiger partial charge on any atom is -0.492 e. The van der Waals surface area contributed by atoms with E-state index < -0.39 is 5.91 Å². The lowest BCUT2D eigenvalue weighted by Crippen LogP contribution is -2.34. The molecule has 0 bridgehead atoms. The number of anilines is 1. The molecule has 6 nitrogen and oxygen atoms in total. The number of nitrogens with two attached hydrogens (primary N) is 1. The summed E-state index contributed by atoms with van der Waals surface area (Å²) < 4.78 is 6.48. The Morgan fingerprint density at radius 1 is 1.19 bits per heavy atom. The molecule has 0 spiro atoms. The maximum atomic E-state index is 12.6. The molecule has 0 unspecified atom stereocenters. The minimum atomic E-state index is -0.513. The van der Waals surface area contributed by atoms with E-state index in [-0.39, 0.29) is 11.0 Å². The van der Waals surface area contributed by atoms with Gasteiger partial charge in [0, 0.05) is 15.7 Å². The molecule has 0 saturated carbocycles. The average molecular weight is 450 g/mol. The van der Waals surface area contributed by atoms with Crippen molar-refractivity contribution in [3.05, 3.63) is 58.1 Å². The number of halogens is 1. The zero-order valence-electron chi connectivity index (χ0n) is 14.9. The van der Waals surface area contributed by atoms with Crippen LogP contribution in [0.5, 0.6) is 5.75 Å². The van der Waals surface area contributed by atoms with Crippen LogP contribution in [0.3, 0.4) is 0 Å². The first kappa shape index (κ1) is 20.9. The largest absolute Gasteiger partial charge is 0.492 e. The van der Waals surface area contributed by atoms with Crippen LogP contribution in [0, 0.1) is 5.92 Å². The van der Waals surface area contributed by atoms with Gasteiger partial charge in [0.15, 0.2) is 5.11 Å². The topological polar surface area (TPSA) is 93.4 Å². The number of nitrogens with one attached hydrogen (secondary N) is 2. The van der Waals surface area contributed by atoms with Crippen molar-refractivity contribution in [2.24, 2.45) is 11.7 Å². The standard InChI is InChI=1S/C19H20BrN3O3S/c1-11(2)10-26-16-8-5-13(20)9-15(16)18(25)23-19(27)22-14-6-3-12(4-7-14)17(21)24/h3-9,11H,10H2,1-2H3,(H2,21,24)(H2,22,23,25,27). The van der Waals surface area contributed by atoms with Gasteiger partial charge in [0.05, 0.1) is 12.2 Å². The van der Waals surface area contributed by atoms with E-state index in [1.165, 1.54) is 0 Å². The van der Waals surface area contributed by atoms with Gasteiger partial charge in [0.25, 0.3) is 5.91 Å². The molecular formula is C19H20BrN3O3S. The van der Waals surface area contributed by atoms with Crippen molar-refractivity contribution in [2.45, 2.75) is 13.8 Å². The van der Waals surface area contributed by atoms with E-state index >= 15 is 0 Å². The summed E-state index contributed by atoms with van der Waals surface area (Å²) in [6.45, 7) is 4.55. The molecule has 2 amide bonds. The Morgan fingerprint density at radius 3 is 2.44 bits per heavy atom. The number of benzene rings is 2. The highest BCUT2D eigenvalue weighted by molar-refractivity contribution is 9.10. The van der Waals surface area contributed by atoms with E-state index in [2.05, 4.69) is 26.6 Å². The third-order valence-corrected chi connectivity index (χ3v) is 4.11. The van der Waals surface area contributed by atoms with Crippen molar-refractivity contribution in [1.82, 2.24) is 5.32 Å². The predicted octanol–water partition coefficient (Wildman–Crippen LogP) is 3.71. The fraction of sp³-hybridized carbons (Fsp3) is 0.211. The molecule has 142 valence electrons. The van der Waals surface area contributed by atoms with Crippen LogP contribution in [0.15, 0.2) is 46.9 Å². The van der Waals surface area contributed by atoms with Gasteiger partial charge in [-0.2, -0.15) is 0 Å². The van der Waals surface area contributed by atoms with E-state index in [0.717, 1.165) is 4.47 Å². The first-order valence-electron chi connectivity index (χ1n) is 8.21. The molecule has 2 aromatic carbocycles. The number of carbonyl (C=O) groups is 2. The van der Waals surface area contributed by atoms with Gasteiger partial charge in [-0.3, -0.25) is 14.9 Å². The highest BCUT2D eigenvalue weighted by Gasteiger charge is 2.15. The van der Waals surface area contributed by atoms with Crippen LogP contribution < -0.4 is 21.1 Å². The van der Waals surface area contributed by atoms with E-state index in [0.29, 0.717) is 35.1 Å². The van der Waals surface area contributed by atoms with Crippen molar-refractivity contribution in [2.75, 3.05) is 11.9 Å². The van der Waals surface area contributed by atoms with Crippen molar-refractivity contribution >= 4 is 50.8 Å². The molecular weight excluding hydrogens is 430 g/mol. The van der Waals surface area contributed by atoms with Crippen LogP contribution in [0.2, 0.25) is 0 Å². The van der Waals surface area contributed by atoms with Crippen molar-refractivity contribution in [3.63, 3.8) is 0 Å². The van der Waals surface area contributed by atoms with Crippen molar-refractivity contribution in [3.8, 4) is 5.75 Å². The Hall–Kier alpha value is -2.45. The predicted molar refractivity (Wildman–Crippen MR) is 113 cm³/mol. The van der Waals surface area contributed by atoms with E-state index in [1.807, 2.05) is 19.9 Å². The van der Waals surface area contributed by atoms with Crippen molar-refractivity contribution < 1.29 is 14.3 Å². The van der Waals surface area contributed by atoms with Gasteiger partial charge in [-0.1, -0.05) is 29.8 Å². The first-order valence-corrected chi connectivity index (χ1v) is 9.41. The maximum absolute atomic E-state index is 12.6. The molecule has 8 heteroatoms. The summed E-state index contributed by atoms with van der Waals surface area (Å²) in [6, 6.07) is 11.7. The highest BCUT2D eigenvalue weighted by Crippen LogP contribution is 2.24. The van der Waals surface area contributed by atoms with E-state index in [1.54, 1.807) is 36.4 Å². The number of hydrogen-bond acceptors (Lipinski definition) is 4. The average Bonchev–Trinajstić information content (AvgIpc) is 2.60. The molecule has 0 aliphatic rings. The van der Waals surface area contributed by atoms with Gasteiger partial charge >= 0.3 is 0 Å². The summed E-state index contributed by atoms with van der Waals surface area (Å²) in [5.74, 6) is -0.0870. The van der Waals surface area contributed by atoms with Gasteiger partial charge in [-0.05, 0) is 60.6 Å². The number of primary amides is 1. The molecule has 2 rings (SSSR count). The fourth-order valence-corrected chi connectivity index (χ4v) is 2.68. The monoisotopic (exact) mass is 449 g/mol. The summed E-state index contributed by atoms with van der Waals surface area (Å²) in [6.07, 6.45) is 0. The second kappa shape index (κ2) is 9.48. The molecule has 0 atom stereocenters. The Labute approximate surface area is 171 Å². The van der Waals surface area contributed by atoms with Gasteiger partial charge in [0.1, 0.15) is 5.75 Å². The number of carbonyl (C=O) groups excluding carboxylic acids is 2. The SMILES string of the molecule is CC(C)COc1ccc(Br)cc1C(=O)NC(=S)Nc1ccc(C(N)=O)cc1. The van der Waals surface area contributed by atoms with Gasteiger partial charge < -0.3 is 15.8 Å². The normalized spacial score (nSPS) is 10.4. The number of amides is 2. The minimum absolute atomic E-state index is 0.126. The number of hydrogen-bond donors (Lipinski definition) is 3. The molecule has 27 heavy (non-hydrogen) atoms. The third kappa shape index (κ3) is 6.33. The Morgan fingerprint density at radius 2 is 1.85 bits per heavy atom. The van der Waals surface area contributed by atoms with E-state index in [9.17, 15) is 9.59 Å². The molecule has 0 radical (unpaired) electrons. The molecule has 2 aromatic rings. The zero-order valence-corrected chi connectivity index (χ0v) is 17.3. The number of thiocarbonyl (C=S) groups is 1. The van der Waals surface area contributed by atoms with Crippen LogP contribution in [-0.4, -0.2) is 23.5 Å². The van der Waals surface area contributed by atoms with Gasteiger partial charge in [0.2, 0.25) is 5.91 Å². The Bertz CT molecular complexity index is 854. The quantitative estimate of drug-likeness (QED) is 0.584. The fourth-order valence-electron chi connectivity index (χ4n) is 2.11. The molecule has 0 aliphatic carbocycles. The van der Waals surface area contributed by atoms with Crippen LogP contribution in [0.1, 0.15) is 34.6 Å². The van der Waals surface area contributed by atoms with Crippen LogP contribution in [0.25, 0.3) is 0 Å². The smallest absolute Gasteiger partial charge is 0.261 e. The maximum Gasteiger partial charge on any atom is 0.261 e. The second-order valence-corrected chi connectivity index (χ2v) is 7.52. The van der Waals surface area contributed by atoms with Crippen LogP contribution >= 0.6 is 28.1 Å². The lowest BCUT2D eigenvalue weighted by Gasteiger charge is -2.14. The van der Waals surface area contributed by atoms with Gasteiger partial charge in [-0.15, -0.1) is 0 Å². The van der Waals surface area contributed by atoms with Crippen LogP contribution in [0.4, 0.5) is 5.69 Å². The van der Waals surface area contributed by atoms with Crippen molar-refractivity contribution in [1.29, 1.82) is 0 Å². The van der Waals surface area contributed by atoms with E-state index in [4.69, 9.17) is 22.7 Å². The number of ether oxygens (including phenoxy) is 1. The Kier molecular flexibility index (Phi) is 7.32. The first-order chi connectivity index (χ1) is 12.8. The summed E-state index contributed by atoms with van der Waals surface area (Å²) in [5, 5.41) is 5.64. The Balaban J connectivity index is 2.06. The second-order valence-electron chi connectivity index (χ2n) is 6.20. The summed E-state index contributed by atoms with van der Waals surface area (Å²) in [5.41, 5.74) is 6.59. The lowest BCUT2D eigenvalue weighted by atomic mass is 10.2. The summed E-state index contributed by atoms with van der Waals surface area (Å²) >= 11 is 8.55. The van der Waals surface area contributed by atoms with Gasteiger partial charge in [-0.25, -0.2) is 0 Å².